The van der Waals surface area contributed by atoms with E-state index in [9.17, 15) is 9.90 Å². The smallest absolute Gasteiger partial charge is 0.335 e. The fourth-order valence-corrected chi connectivity index (χ4v) is 4.06. The number of ether oxygens (including phenoxy) is 1. The number of fused-ring (bicyclic) bond motifs is 1. The lowest BCUT2D eigenvalue weighted by molar-refractivity contribution is -0.135. The van der Waals surface area contributed by atoms with Crippen molar-refractivity contribution in [3.63, 3.8) is 0 Å². The van der Waals surface area contributed by atoms with Crippen molar-refractivity contribution >= 4 is 23.0 Å². The van der Waals surface area contributed by atoms with Crippen LogP contribution in [0.4, 0.5) is 5.82 Å². The van der Waals surface area contributed by atoms with Gasteiger partial charge in [-0.15, -0.1) is 0 Å². The topological polar surface area (TPSA) is 139 Å². The molecule has 3 N–H and O–H groups in total. The van der Waals surface area contributed by atoms with Gasteiger partial charge in [-0.3, -0.25) is 9.47 Å². The first-order chi connectivity index (χ1) is 16.6. The van der Waals surface area contributed by atoms with Crippen LogP contribution in [0.15, 0.2) is 59.7 Å². The number of aliphatic hydroxyl groups is 1. The Balaban J connectivity index is 1.35. The summed E-state index contributed by atoms with van der Waals surface area (Å²) >= 11 is 0. The zero-order valence-corrected chi connectivity index (χ0v) is 18.2. The summed E-state index contributed by atoms with van der Waals surface area (Å²) in [6.07, 6.45) is 3.96. The number of aromatic carboxylic acids is 1. The van der Waals surface area contributed by atoms with E-state index in [2.05, 4.69) is 25.2 Å². The highest BCUT2D eigenvalue weighted by atomic mass is 16.5. The number of anilines is 1. The van der Waals surface area contributed by atoms with E-state index in [0.717, 1.165) is 11.3 Å². The maximum absolute atomic E-state index is 11.1. The van der Waals surface area contributed by atoms with Crippen molar-refractivity contribution in [3.05, 3.63) is 72.2 Å². The van der Waals surface area contributed by atoms with Crippen LogP contribution in [-0.2, 0) is 17.8 Å². The number of carboxylic acid groups (broad SMARTS) is 1. The largest absolute Gasteiger partial charge is 0.478 e. The summed E-state index contributed by atoms with van der Waals surface area (Å²) in [7, 11) is 0. The molecule has 11 heteroatoms. The van der Waals surface area contributed by atoms with Gasteiger partial charge in [0, 0.05) is 19.6 Å². The third-order valence-electron chi connectivity index (χ3n) is 5.72. The van der Waals surface area contributed by atoms with Gasteiger partial charge in [-0.05, 0) is 29.8 Å². The first-order valence-corrected chi connectivity index (χ1v) is 10.9. The average molecular weight is 464 g/mol. The van der Waals surface area contributed by atoms with Crippen molar-refractivity contribution in [3.8, 4) is 0 Å². The zero-order valence-electron chi connectivity index (χ0n) is 18.2. The maximum atomic E-state index is 11.1. The van der Waals surface area contributed by atoms with Crippen molar-refractivity contribution in [2.45, 2.75) is 25.4 Å². The van der Waals surface area contributed by atoms with Crippen LogP contribution in [0.1, 0.15) is 27.9 Å². The number of aliphatic hydroxyl groups excluding tert-OH is 1. The number of hydrogen-bond acceptors (Lipinski definition) is 9. The Morgan fingerprint density at radius 3 is 2.74 bits per heavy atom. The molecule has 0 amide bonds. The predicted molar refractivity (Wildman–Crippen MR) is 121 cm³/mol. The Hall–Kier alpha value is -3.80. The molecule has 0 spiro atoms. The van der Waals surface area contributed by atoms with Crippen LogP contribution >= 0.6 is 0 Å². The Bertz CT molecular complexity index is 1260. The molecule has 0 bridgehead atoms. The van der Waals surface area contributed by atoms with Gasteiger partial charge < -0.3 is 24.7 Å². The van der Waals surface area contributed by atoms with Crippen LogP contribution in [0.2, 0.25) is 0 Å². The number of furan rings is 1. The lowest BCUT2D eigenvalue weighted by Gasteiger charge is -2.37. The fraction of sp³-hybridized carbons (Fsp3) is 0.304. The third kappa shape index (κ3) is 4.62. The van der Waals surface area contributed by atoms with Crippen LogP contribution in [0.3, 0.4) is 0 Å². The van der Waals surface area contributed by atoms with Crippen molar-refractivity contribution < 1.29 is 24.2 Å². The number of morpholine rings is 1. The average Bonchev–Trinajstić information content (AvgIpc) is 3.53. The van der Waals surface area contributed by atoms with E-state index in [4.69, 9.17) is 14.3 Å². The first kappa shape index (κ1) is 22.0. The second kappa shape index (κ2) is 9.59. The molecular weight excluding hydrogens is 440 g/mol. The molecule has 2 atom stereocenters. The molecule has 0 aliphatic carbocycles. The number of benzene rings is 1. The van der Waals surface area contributed by atoms with Gasteiger partial charge in [-0.2, -0.15) is 0 Å². The highest BCUT2D eigenvalue weighted by Gasteiger charge is 2.30. The van der Waals surface area contributed by atoms with Gasteiger partial charge in [0.1, 0.15) is 18.3 Å². The second-order valence-electron chi connectivity index (χ2n) is 8.07. The van der Waals surface area contributed by atoms with Crippen LogP contribution in [0, 0.1) is 0 Å². The predicted octanol–water partition coefficient (Wildman–Crippen LogP) is 2.12. The summed E-state index contributed by atoms with van der Waals surface area (Å²) in [5, 5.41) is 22.2. The van der Waals surface area contributed by atoms with Crippen molar-refractivity contribution in [2.75, 3.05) is 25.0 Å². The number of aromatic nitrogens is 4. The summed E-state index contributed by atoms with van der Waals surface area (Å²) < 4.78 is 13.3. The number of rotatable bonds is 8. The normalized spacial score (nSPS) is 18.9. The summed E-state index contributed by atoms with van der Waals surface area (Å²) in [6, 6.07) is 10.5. The molecule has 11 nitrogen and oxygen atoms in total. The van der Waals surface area contributed by atoms with Crippen LogP contribution in [0.5, 0.6) is 0 Å². The molecule has 1 aliphatic heterocycles. The quantitative estimate of drug-likeness (QED) is 0.355. The lowest BCUT2D eigenvalue weighted by Crippen LogP contribution is -2.46. The van der Waals surface area contributed by atoms with E-state index in [1.165, 1.54) is 6.33 Å². The Morgan fingerprint density at radius 2 is 2.00 bits per heavy atom. The highest BCUT2D eigenvalue weighted by molar-refractivity contribution is 5.87. The van der Waals surface area contributed by atoms with Gasteiger partial charge in [0.25, 0.3) is 0 Å². The molecule has 176 valence electrons. The molecule has 4 aromatic rings. The molecule has 1 aliphatic rings. The van der Waals surface area contributed by atoms with Gasteiger partial charge >= 0.3 is 5.97 Å². The number of nitrogens with one attached hydrogen (secondary N) is 1. The van der Waals surface area contributed by atoms with Gasteiger partial charge in [0.05, 0.1) is 37.4 Å². The van der Waals surface area contributed by atoms with E-state index in [1.54, 1.807) is 36.9 Å². The van der Waals surface area contributed by atoms with Crippen LogP contribution in [0.25, 0.3) is 11.2 Å². The molecule has 1 fully saturated rings. The van der Waals surface area contributed by atoms with Crippen LogP contribution in [-0.4, -0.2) is 66.4 Å². The van der Waals surface area contributed by atoms with Gasteiger partial charge in [0.15, 0.2) is 17.0 Å². The summed E-state index contributed by atoms with van der Waals surface area (Å²) in [5.74, 6) is 0.412. The molecule has 0 unspecified atom stereocenters. The highest BCUT2D eigenvalue weighted by Crippen LogP contribution is 2.27. The van der Waals surface area contributed by atoms with Crippen molar-refractivity contribution in [1.29, 1.82) is 0 Å². The Morgan fingerprint density at radius 1 is 1.15 bits per heavy atom. The molecule has 5 rings (SSSR count). The molecule has 1 aromatic carbocycles. The van der Waals surface area contributed by atoms with Gasteiger partial charge in [-0.1, -0.05) is 12.1 Å². The summed E-state index contributed by atoms with van der Waals surface area (Å²) in [6.45, 7) is 2.02. The van der Waals surface area contributed by atoms with E-state index in [1.807, 2.05) is 16.7 Å². The Kier molecular flexibility index (Phi) is 6.21. The molecule has 1 saturated heterocycles. The second-order valence-corrected chi connectivity index (χ2v) is 8.07. The number of nitrogens with zero attached hydrogens (tertiary/aromatic N) is 5. The monoisotopic (exact) mass is 464 g/mol. The van der Waals surface area contributed by atoms with Gasteiger partial charge in [-0.25, -0.2) is 19.7 Å². The minimum atomic E-state index is -0.953. The van der Waals surface area contributed by atoms with E-state index < -0.39 is 12.2 Å². The lowest BCUT2D eigenvalue weighted by atomic mass is 10.1. The summed E-state index contributed by atoms with van der Waals surface area (Å²) in [5.41, 5.74) is 2.45. The molecule has 34 heavy (non-hydrogen) atoms. The zero-order chi connectivity index (χ0) is 23.5. The molecule has 0 saturated carbocycles. The number of hydrogen-bond donors (Lipinski definition) is 3. The van der Waals surface area contributed by atoms with Crippen molar-refractivity contribution in [1.82, 2.24) is 24.4 Å². The molecular formula is C23H24N6O5. The summed E-state index contributed by atoms with van der Waals surface area (Å²) in [4.78, 5) is 26.5. The van der Waals surface area contributed by atoms with Crippen molar-refractivity contribution in [2.24, 2.45) is 0 Å². The van der Waals surface area contributed by atoms with E-state index in [-0.39, 0.29) is 18.3 Å². The van der Waals surface area contributed by atoms with E-state index in [0.29, 0.717) is 43.2 Å². The number of carboxylic acids is 1. The standard InChI is InChI=1S/C23H24N6O5/c30-12-18-10-28(9-15-3-5-16(6-4-15)23(31)32)11-19(34-18)29-14-27-20-21(25-13-26-22(20)29)24-8-17-2-1-7-33-17/h1-7,13-14,18-19,30H,8-12H2,(H,31,32)(H,24,25,26)/t18-,19+/m0/s1. The molecule has 3 aromatic heterocycles. The van der Waals surface area contributed by atoms with Crippen LogP contribution < -0.4 is 5.32 Å². The first-order valence-electron chi connectivity index (χ1n) is 10.9. The number of carbonyl (C=O) groups is 1. The maximum Gasteiger partial charge on any atom is 0.335 e. The third-order valence-corrected chi connectivity index (χ3v) is 5.72. The van der Waals surface area contributed by atoms with Gasteiger partial charge in [0.2, 0.25) is 0 Å². The minimum Gasteiger partial charge on any atom is -0.478 e. The number of imidazole rings is 1. The Labute approximate surface area is 194 Å². The molecule has 0 radical (unpaired) electrons. The SMILES string of the molecule is O=C(O)c1ccc(CN2C[C@@H](CO)O[C@@H](n3cnc4c(NCc5ccco5)ncnc43)C2)cc1. The molecule has 4 heterocycles. The van der Waals surface area contributed by atoms with E-state index >= 15 is 0 Å². The fourth-order valence-electron chi connectivity index (χ4n) is 4.06. The minimum absolute atomic E-state index is 0.123.